The van der Waals surface area contributed by atoms with Crippen molar-refractivity contribution in [1.82, 2.24) is 4.98 Å². The summed E-state index contributed by atoms with van der Waals surface area (Å²) in [5.74, 6) is 1.59. The number of ether oxygens (including phenoxy) is 2. The molecule has 0 amide bonds. The van der Waals surface area contributed by atoms with Gasteiger partial charge < -0.3 is 15.2 Å². The molecule has 1 atom stereocenters. The summed E-state index contributed by atoms with van der Waals surface area (Å²) >= 11 is 1.66. The molecule has 1 unspecified atom stereocenters. The van der Waals surface area contributed by atoms with Gasteiger partial charge in [-0.3, -0.25) is 0 Å². The van der Waals surface area contributed by atoms with Crippen LogP contribution in [0.4, 0.5) is 0 Å². The van der Waals surface area contributed by atoms with E-state index in [9.17, 15) is 0 Å². The molecule has 2 heterocycles. The van der Waals surface area contributed by atoms with Crippen LogP contribution in [0.2, 0.25) is 0 Å². The first kappa shape index (κ1) is 12.6. The summed E-state index contributed by atoms with van der Waals surface area (Å²) in [5, 5.41) is 0.967. The molecular formula is C16H14N2O2S. The van der Waals surface area contributed by atoms with Gasteiger partial charge in [-0.15, -0.1) is 11.3 Å². The van der Waals surface area contributed by atoms with Crippen LogP contribution in [0.3, 0.4) is 0 Å². The molecule has 0 fully saturated rings. The zero-order valence-electron chi connectivity index (χ0n) is 11.3. The lowest BCUT2D eigenvalue weighted by atomic mass is 10.1. The molecule has 1 aliphatic heterocycles. The van der Waals surface area contributed by atoms with E-state index in [0.29, 0.717) is 6.79 Å². The molecule has 106 valence electrons. The fourth-order valence-electron chi connectivity index (χ4n) is 2.46. The van der Waals surface area contributed by atoms with Gasteiger partial charge in [0.15, 0.2) is 11.5 Å². The maximum atomic E-state index is 6.31. The first-order chi connectivity index (χ1) is 10.3. The highest BCUT2D eigenvalue weighted by Crippen LogP contribution is 2.34. The molecule has 0 radical (unpaired) electrons. The highest BCUT2D eigenvalue weighted by Gasteiger charge is 2.16. The van der Waals surface area contributed by atoms with Gasteiger partial charge in [-0.05, 0) is 36.2 Å². The van der Waals surface area contributed by atoms with E-state index in [4.69, 9.17) is 15.2 Å². The fraction of sp³-hybridized carbons (Fsp3) is 0.188. The summed E-state index contributed by atoms with van der Waals surface area (Å²) in [6.07, 6.45) is 0.733. The van der Waals surface area contributed by atoms with Gasteiger partial charge in [0.25, 0.3) is 0 Å². The van der Waals surface area contributed by atoms with Crippen molar-refractivity contribution in [2.45, 2.75) is 12.5 Å². The van der Waals surface area contributed by atoms with E-state index in [1.54, 1.807) is 11.3 Å². The minimum atomic E-state index is -0.109. The molecule has 0 aliphatic carbocycles. The summed E-state index contributed by atoms with van der Waals surface area (Å²) in [6.45, 7) is 0.294. The Bertz CT molecular complexity index is 767. The van der Waals surface area contributed by atoms with E-state index in [0.717, 1.165) is 34.0 Å². The fourth-order valence-corrected chi connectivity index (χ4v) is 3.43. The second-order valence-corrected chi connectivity index (χ2v) is 6.08. The van der Waals surface area contributed by atoms with Crippen molar-refractivity contribution in [3.05, 3.63) is 53.0 Å². The number of aromatic nitrogens is 1. The number of para-hydroxylation sites is 1. The Labute approximate surface area is 126 Å². The number of nitrogens with zero attached hydrogens (tertiary/aromatic N) is 1. The van der Waals surface area contributed by atoms with Gasteiger partial charge in [-0.2, -0.15) is 0 Å². The van der Waals surface area contributed by atoms with Crippen LogP contribution in [0.25, 0.3) is 10.2 Å². The summed E-state index contributed by atoms with van der Waals surface area (Å²) in [6, 6.07) is 14.0. The number of thiazole rings is 1. The summed E-state index contributed by atoms with van der Waals surface area (Å²) in [4.78, 5) is 4.62. The Morgan fingerprint density at radius 1 is 1.14 bits per heavy atom. The Morgan fingerprint density at radius 2 is 2.00 bits per heavy atom. The minimum Gasteiger partial charge on any atom is -0.454 e. The SMILES string of the molecule is NC(Cc1ccc2c(c1)OCO2)c1nc2ccccc2s1. The zero-order valence-corrected chi connectivity index (χ0v) is 12.1. The zero-order chi connectivity index (χ0) is 14.2. The second kappa shape index (κ2) is 5.02. The van der Waals surface area contributed by atoms with Gasteiger partial charge in [0.05, 0.1) is 16.3 Å². The van der Waals surface area contributed by atoms with Crippen molar-refractivity contribution < 1.29 is 9.47 Å². The standard InChI is InChI=1S/C16H14N2O2S/c17-11(16-18-12-3-1-2-4-15(12)21-16)7-10-5-6-13-14(8-10)20-9-19-13/h1-6,8,11H,7,9,17H2. The maximum absolute atomic E-state index is 6.31. The molecule has 3 aromatic rings. The molecule has 0 spiro atoms. The molecule has 0 bridgehead atoms. The van der Waals surface area contributed by atoms with Crippen LogP contribution in [0.15, 0.2) is 42.5 Å². The average Bonchev–Trinajstić information content (AvgIpc) is 3.13. The minimum absolute atomic E-state index is 0.109. The van der Waals surface area contributed by atoms with Crippen molar-refractivity contribution in [2.24, 2.45) is 5.73 Å². The second-order valence-electron chi connectivity index (χ2n) is 5.02. The number of fused-ring (bicyclic) bond motifs is 2. The van der Waals surface area contributed by atoms with Gasteiger partial charge in [-0.1, -0.05) is 18.2 Å². The summed E-state index contributed by atoms with van der Waals surface area (Å²) in [5.41, 5.74) is 8.46. The van der Waals surface area contributed by atoms with Crippen LogP contribution < -0.4 is 15.2 Å². The molecule has 1 aromatic heterocycles. The van der Waals surface area contributed by atoms with Crippen LogP contribution in [-0.2, 0) is 6.42 Å². The molecule has 0 saturated carbocycles. The number of hydrogen-bond donors (Lipinski definition) is 1. The van der Waals surface area contributed by atoms with Crippen molar-refractivity contribution in [2.75, 3.05) is 6.79 Å². The average molecular weight is 298 g/mol. The van der Waals surface area contributed by atoms with Gasteiger partial charge in [0, 0.05) is 0 Å². The molecule has 4 nitrogen and oxygen atoms in total. The predicted octanol–water partition coefficient (Wildman–Crippen LogP) is 3.27. The summed E-state index contributed by atoms with van der Waals surface area (Å²) < 4.78 is 11.9. The molecule has 21 heavy (non-hydrogen) atoms. The molecule has 2 aromatic carbocycles. The molecule has 1 aliphatic rings. The van der Waals surface area contributed by atoms with Crippen LogP contribution >= 0.6 is 11.3 Å². The topological polar surface area (TPSA) is 57.4 Å². The normalized spacial score (nSPS) is 14.5. The number of hydrogen-bond acceptors (Lipinski definition) is 5. The third kappa shape index (κ3) is 2.34. The highest BCUT2D eigenvalue weighted by molar-refractivity contribution is 7.18. The summed E-state index contributed by atoms with van der Waals surface area (Å²) in [7, 11) is 0. The van der Waals surface area contributed by atoms with Crippen molar-refractivity contribution >= 4 is 21.6 Å². The van der Waals surface area contributed by atoms with Gasteiger partial charge in [-0.25, -0.2) is 4.98 Å². The Hall–Kier alpha value is -2.11. The maximum Gasteiger partial charge on any atom is 0.231 e. The Morgan fingerprint density at radius 3 is 2.90 bits per heavy atom. The molecule has 4 rings (SSSR count). The van der Waals surface area contributed by atoms with Crippen LogP contribution in [0, 0.1) is 0 Å². The van der Waals surface area contributed by atoms with Gasteiger partial charge >= 0.3 is 0 Å². The lowest BCUT2D eigenvalue weighted by Gasteiger charge is -2.09. The molecular weight excluding hydrogens is 284 g/mol. The van der Waals surface area contributed by atoms with Crippen LogP contribution in [0.1, 0.15) is 16.6 Å². The Balaban J connectivity index is 1.58. The largest absolute Gasteiger partial charge is 0.454 e. The lowest BCUT2D eigenvalue weighted by molar-refractivity contribution is 0.174. The first-order valence-corrected chi connectivity index (χ1v) is 7.61. The molecule has 5 heteroatoms. The Kier molecular flexibility index (Phi) is 3.02. The monoisotopic (exact) mass is 298 g/mol. The third-order valence-electron chi connectivity index (χ3n) is 3.52. The van der Waals surface area contributed by atoms with E-state index >= 15 is 0 Å². The van der Waals surface area contributed by atoms with Gasteiger partial charge in [0.2, 0.25) is 6.79 Å². The lowest BCUT2D eigenvalue weighted by Crippen LogP contribution is -2.12. The number of nitrogens with two attached hydrogens (primary N) is 1. The number of benzene rings is 2. The van der Waals surface area contributed by atoms with Crippen LogP contribution in [-0.4, -0.2) is 11.8 Å². The number of rotatable bonds is 3. The predicted molar refractivity (Wildman–Crippen MR) is 82.8 cm³/mol. The first-order valence-electron chi connectivity index (χ1n) is 6.79. The van der Waals surface area contributed by atoms with Crippen LogP contribution in [0.5, 0.6) is 11.5 Å². The molecule has 0 saturated heterocycles. The van der Waals surface area contributed by atoms with E-state index < -0.39 is 0 Å². The third-order valence-corrected chi connectivity index (χ3v) is 4.69. The van der Waals surface area contributed by atoms with Gasteiger partial charge in [0.1, 0.15) is 5.01 Å². The van der Waals surface area contributed by atoms with Crippen molar-refractivity contribution in [3.8, 4) is 11.5 Å². The van der Waals surface area contributed by atoms with E-state index in [1.165, 1.54) is 4.70 Å². The van der Waals surface area contributed by atoms with E-state index in [1.807, 2.05) is 36.4 Å². The smallest absolute Gasteiger partial charge is 0.231 e. The van der Waals surface area contributed by atoms with E-state index in [-0.39, 0.29) is 6.04 Å². The molecule has 2 N–H and O–H groups in total. The quantitative estimate of drug-likeness (QED) is 0.806. The van der Waals surface area contributed by atoms with Crippen molar-refractivity contribution in [3.63, 3.8) is 0 Å². The van der Waals surface area contributed by atoms with E-state index in [2.05, 4.69) is 11.1 Å². The van der Waals surface area contributed by atoms with Crippen molar-refractivity contribution in [1.29, 1.82) is 0 Å². The highest BCUT2D eigenvalue weighted by atomic mass is 32.1.